The summed E-state index contributed by atoms with van der Waals surface area (Å²) in [5.74, 6) is 1.22. The van der Waals surface area contributed by atoms with Gasteiger partial charge in [0.15, 0.2) is 11.6 Å². The lowest BCUT2D eigenvalue weighted by atomic mass is 10.2. The monoisotopic (exact) mass is 533 g/mol. The summed E-state index contributed by atoms with van der Waals surface area (Å²) in [6.07, 6.45) is 1.79. The fourth-order valence-electron chi connectivity index (χ4n) is 3.03. The van der Waals surface area contributed by atoms with E-state index in [2.05, 4.69) is 26.3 Å². The molecule has 2 heterocycles. The molecule has 164 valence electrons. The van der Waals surface area contributed by atoms with Gasteiger partial charge in [0.05, 0.1) is 16.0 Å². The molecule has 0 spiro atoms. The van der Waals surface area contributed by atoms with Gasteiger partial charge in [0.1, 0.15) is 18.1 Å². The van der Waals surface area contributed by atoms with Gasteiger partial charge in [0, 0.05) is 11.2 Å². The van der Waals surface area contributed by atoms with Gasteiger partial charge in [-0.1, -0.05) is 47.5 Å². The summed E-state index contributed by atoms with van der Waals surface area (Å²) in [6.45, 7) is 2.60. The number of ether oxygens (including phenoxy) is 1. The second-order valence-electron chi connectivity index (χ2n) is 7.04. The highest BCUT2D eigenvalue weighted by Crippen LogP contribution is 2.29. The molecule has 1 N–H and O–H groups in total. The zero-order chi connectivity index (χ0) is 22.7. The summed E-state index contributed by atoms with van der Waals surface area (Å²) >= 11 is 15.5. The summed E-state index contributed by atoms with van der Waals surface area (Å²) in [5.41, 5.74) is 1.95. The van der Waals surface area contributed by atoms with Gasteiger partial charge in [0.25, 0.3) is 5.91 Å². The molecule has 0 radical (unpaired) electrons. The zero-order valence-electron chi connectivity index (χ0n) is 16.9. The first-order valence-corrected chi connectivity index (χ1v) is 11.2. The molecule has 4 rings (SSSR count). The number of nitrogens with one attached hydrogen (secondary N) is 1. The maximum atomic E-state index is 12.6. The van der Waals surface area contributed by atoms with Crippen LogP contribution in [-0.2, 0) is 13.2 Å². The summed E-state index contributed by atoms with van der Waals surface area (Å²) in [5, 5.41) is 8.37. The van der Waals surface area contributed by atoms with Crippen LogP contribution in [-0.4, -0.2) is 15.7 Å². The molecule has 0 unspecified atom stereocenters. The number of nitrogens with zero attached hydrogens (tertiary/aromatic N) is 2. The molecule has 0 aliphatic heterocycles. The molecule has 0 aliphatic rings. The third kappa shape index (κ3) is 5.35. The minimum absolute atomic E-state index is 0.150. The quantitative estimate of drug-likeness (QED) is 0.285. The van der Waals surface area contributed by atoms with Crippen LogP contribution in [0.4, 0.5) is 5.82 Å². The van der Waals surface area contributed by atoms with Gasteiger partial charge in [-0.05, 0) is 64.3 Å². The van der Waals surface area contributed by atoms with Crippen LogP contribution in [0, 0.1) is 6.92 Å². The Balaban J connectivity index is 1.39. The van der Waals surface area contributed by atoms with E-state index in [0.29, 0.717) is 38.4 Å². The predicted molar refractivity (Wildman–Crippen MR) is 128 cm³/mol. The van der Waals surface area contributed by atoms with Crippen molar-refractivity contribution in [2.75, 3.05) is 5.32 Å². The number of carbonyl (C=O) groups is 1. The molecule has 0 aliphatic carbocycles. The van der Waals surface area contributed by atoms with E-state index in [0.717, 1.165) is 11.1 Å². The average Bonchev–Trinajstić information content (AvgIpc) is 3.36. The topological polar surface area (TPSA) is 69.3 Å². The Labute approximate surface area is 203 Å². The Morgan fingerprint density at radius 3 is 2.69 bits per heavy atom. The number of halogens is 3. The Hall–Kier alpha value is -2.74. The molecule has 6 nitrogen and oxygen atoms in total. The maximum Gasteiger partial charge on any atom is 0.292 e. The largest absolute Gasteiger partial charge is 0.484 e. The van der Waals surface area contributed by atoms with Crippen LogP contribution in [0.5, 0.6) is 5.75 Å². The Morgan fingerprint density at radius 1 is 1.16 bits per heavy atom. The van der Waals surface area contributed by atoms with E-state index in [1.54, 1.807) is 29.1 Å². The highest BCUT2D eigenvalue weighted by atomic mass is 79.9. The summed E-state index contributed by atoms with van der Waals surface area (Å²) in [7, 11) is 0. The highest BCUT2D eigenvalue weighted by Gasteiger charge is 2.16. The highest BCUT2D eigenvalue weighted by molar-refractivity contribution is 9.10. The number of carbonyl (C=O) groups excluding carboxylic acids is 1. The van der Waals surface area contributed by atoms with Crippen molar-refractivity contribution in [3.05, 3.63) is 98.0 Å². The standard InChI is InChI=1S/C23H18BrCl2N3O3/c1-14-3-2-4-19(26)21(14)31-13-17-9-10-20(32-17)23(30)27-22-18(24)12-29(28-22)11-15-5-7-16(25)8-6-15/h2-10,12H,11,13H2,1H3,(H,27,28,30). The molecule has 0 saturated heterocycles. The van der Waals surface area contributed by atoms with Crippen LogP contribution in [0.25, 0.3) is 0 Å². The number of anilines is 1. The van der Waals surface area contributed by atoms with Gasteiger partial charge >= 0.3 is 0 Å². The molecule has 32 heavy (non-hydrogen) atoms. The summed E-state index contributed by atoms with van der Waals surface area (Å²) < 4.78 is 13.8. The normalized spacial score (nSPS) is 10.9. The predicted octanol–water partition coefficient (Wildman–Crippen LogP) is 6.73. The minimum atomic E-state index is -0.414. The molecule has 0 saturated carbocycles. The molecule has 9 heteroatoms. The zero-order valence-corrected chi connectivity index (χ0v) is 20.0. The number of hydrogen-bond donors (Lipinski definition) is 1. The maximum absolute atomic E-state index is 12.6. The summed E-state index contributed by atoms with van der Waals surface area (Å²) in [4.78, 5) is 12.6. The molecule has 0 bridgehead atoms. The van der Waals surface area contributed by atoms with E-state index in [4.69, 9.17) is 32.4 Å². The van der Waals surface area contributed by atoms with E-state index < -0.39 is 5.91 Å². The van der Waals surface area contributed by atoms with Crippen molar-refractivity contribution in [2.45, 2.75) is 20.1 Å². The number of hydrogen-bond acceptors (Lipinski definition) is 4. The van der Waals surface area contributed by atoms with Crippen molar-refractivity contribution in [2.24, 2.45) is 0 Å². The van der Waals surface area contributed by atoms with Gasteiger partial charge < -0.3 is 14.5 Å². The van der Waals surface area contributed by atoms with Crippen LogP contribution >= 0.6 is 39.1 Å². The number of furan rings is 1. The molecule has 0 atom stereocenters. The van der Waals surface area contributed by atoms with E-state index in [1.807, 2.05) is 43.3 Å². The molecule has 2 aromatic heterocycles. The van der Waals surface area contributed by atoms with Crippen molar-refractivity contribution in [1.29, 1.82) is 0 Å². The van der Waals surface area contributed by atoms with Crippen molar-refractivity contribution in [3.63, 3.8) is 0 Å². The van der Waals surface area contributed by atoms with E-state index >= 15 is 0 Å². The average molecular weight is 535 g/mol. The number of amides is 1. The van der Waals surface area contributed by atoms with Gasteiger partial charge in [-0.15, -0.1) is 0 Å². The molecular formula is C23H18BrCl2N3O3. The van der Waals surface area contributed by atoms with Crippen molar-refractivity contribution in [3.8, 4) is 5.75 Å². The van der Waals surface area contributed by atoms with Crippen molar-refractivity contribution < 1.29 is 13.9 Å². The molecule has 2 aromatic carbocycles. The lowest BCUT2D eigenvalue weighted by Gasteiger charge is -2.09. The fourth-order valence-corrected chi connectivity index (χ4v) is 3.85. The van der Waals surface area contributed by atoms with E-state index in [1.165, 1.54) is 0 Å². The molecule has 4 aromatic rings. The Kier molecular flexibility index (Phi) is 6.89. The molecule has 0 fully saturated rings. The first-order chi connectivity index (χ1) is 15.4. The third-order valence-electron chi connectivity index (χ3n) is 4.61. The molecule has 1 amide bonds. The van der Waals surface area contributed by atoms with Gasteiger partial charge in [-0.3, -0.25) is 9.48 Å². The van der Waals surface area contributed by atoms with Crippen LogP contribution in [0.15, 0.2) is 69.7 Å². The van der Waals surface area contributed by atoms with Crippen molar-refractivity contribution in [1.82, 2.24) is 9.78 Å². The molecular weight excluding hydrogens is 517 g/mol. The van der Waals surface area contributed by atoms with E-state index in [9.17, 15) is 4.79 Å². The summed E-state index contributed by atoms with van der Waals surface area (Å²) in [6, 6.07) is 16.3. The second-order valence-corrected chi connectivity index (χ2v) is 8.74. The lowest BCUT2D eigenvalue weighted by molar-refractivity contribution is 0.0992. The van der Waals surface area contributed by atoms with Gasteiger partial charge in [-0.2, -0.15) is 5.10 Å². The number of aryl methyl sites for hydroxylation is 1. The van der Waals surface area contributed by atoms with Gasteiger partial charge in [-0.25, -0.2) is 0 Å². The Bertz CT molecular complexity index is 1230. The van der Waals surface area contributed by atoms with Crippen LogP contribution in [0.1, 0.15) is 27.4 Å². The number of benzene rings is 2. The fraction of sp³-hybridized carbons (Fsp3) is 0.130. The second kappa shape index (κ2) is 9.81. The number of aromatic nitrogens is 2. The Morgan fingerprint density at radius 2 is 1.94 bits per heavy atom. The van der Waals surface area contributed by atoms with Crippen LogP contribution in [0.3, 0.4) is 0 Å². The lowest BCUT2D eigenvalue weighted by Crippen LogP contribution is -2.12. The third-order valence-corrected chi connectivity index (χ3v) is 5.74. The first kappa shape index (κ1) is 22.5. The van der Waals surface area contributed by atoms with Crippen molar-refractivity contribution >= 4 is 50.9 Å². The van der Waals surface area contributed by atoms with Crippen LogP contribution < -0.4 is 10.1 Å². The number of para-hydroxylation sites is 1. The van der Waals surface area contributed by atoms with Crippen LogP contribution in [0.2, 0.25) is 10.0 Å². The first-order valence-electron chi connectivity index (χ1n) is 9.64. The van der Waals surface area contributed by atoms with Gasteiger partial charge in [0.2, 0.25) is 0 Å². The smallest absolute Gasteiger partial charge is 0.292 e. The minimum Gasteiger partial charge on any atom is -0.484 e. The van der Waals surface area contributed by atoms with E-state index in [-0.39, 0.29) is 12.4 Å². The SMILES string of the molecule is Cc1cccc(Cl)c1OCc1ccc(C(=O)Nc2nn(Cc3ccc(Cl)cc3)cc2Br)o1. The number of rotatable bonds is 7.